The highest BCUT2D eigenvalue weighted by Crippen LogP contribution is 2.35. The summed E-state index contributed by atoms with van der Waals surface area (Å²) in [4.78, 5) is 11.5. The number of amides is 1. The van der Waals surface area contributed by atoms with Gasteiger partial charge in [-0.05, 0) is 12.1 Å². The van der Waals surface area contributed by atoms with Gasteiger partial charge in [0.1, 0.15) is 12.6 Å². The van der Waals surface area contributed by atoms with E-state index in [1.54, 1.807) is 0 Å². The van der Waals surface area contributed by atoms with Gasteiger partial charge in [-0.1, -0.05) is 34.8 Å². The van der Waals surface area contributed by atoms with Gasteiger partial charge in [0, 0.05) is 12.1 Å². The second-order valence-electron chi connectivity index (χ2n) is 3.90. The maximum absolute atomic E-state index is 11.5. The Labute approximate surface area is 144 Å². The molecule has 0 heterocycles. The maximum atomic E-state index is 11.5. The molecular weight excluding hydrogens is 362 g/mol. The Bertz CT molecular complexity index is 451. The molecular formula is C12H16Cl4N2O3. The van der Waals surface area contributed by atoms with Crippen LogP contribution < -0.4 is 15.8 Å². The van der Waals surface area contributed by atoms with Crippen molar-refractivity contribution in [3.63, 3.8) is 0 Å². The van der Waals surface area contributed by atoms with Crippen LogP contribution in [0, 0.1) is 0 Å². The lowest BCUT2D eigenvalue weighted by molar-refractivity contribution is -0.123. The average molecular weight is 378 g/mol. The van der Waals surface area contributed by atoms with E-state index in [2.05, 4.69) is 5.32 Å². The summed E-state index contributed by atoms with van der Waals surface area (Å²) in [6.07, 6.45) is 0. The number of ether oxygens (including phenoxy) is 2. The number of nitrogens with two attached hydrogens (primary N) is 1. The quantitative estimate of drug-likeness (QED) is 0.716. The molecule has 3 N–H and O–H groups in total. The molecule has 1 aromatic carbocycles. The van der Waals surface area contributed by atoms with Gasteiger partial charge in [-0.3, -0.25) is 4.79 Å². The van der Waals surface area contributed by atoms with E-state index in [-0.39, 0.29) is 38.1 Å². The predicted molar refractivity (Wildman–Crippen MR) is 87.1 cm³/mol. The highest BCUT2D eigenvalue weighted by Gasteiger charge is 2.13. The number of benzene rings is 1. The molecule has 9 heteroatoms. The summed E-state index contributed by atoms with van der Waals surface area (Å²) in [6, 6.07) is 2.34. The van der Waals surface area contributed by atoms with Crippen molar-refractivity contribution < 1.29 is 14.3 Å². The molecule has 0 saturated heterocycles. The Morgan fingerprint density at radius 3 is 2.43 bits per heavy atom. The monoisotopic (exact) mass is 376 g/mol. The smallest absolute Gasteiger partial charge is 0.239 e. The van der Waals surface area contributed by atoms with Crippen LogP contribution in [0.5, 0.6) is 5.75 Å². The molecule has 21 heavy (non-hydrogen) atoms. The Morgan fingerprint density at radius 1 is 1.33 bits per heavy atom. The van der Waals surface area contributed by atoms with E-state index in [9.17, 15) is 4.79 Å². The molecule has 1 unspecified atom stereocenters. The van der Waals surface area contributed by atoms with E-state index in [1.807, 2.05) is 0 Å². The van der Waals surface area contributed by atoms with Gasteiger partial charge in [-0.15, -0.1) is 12.4 Å². The van der Waals surface area contributed by atoms with Gasteiger partial charge in [-0.25, -0.2) is 0 Å². The molecule has 0 saturated carbocycles. The highest BCUT2D eigenvalue weighted by atomic mass is 35.5. The fraction of sp³-hybridized carbons (Fsp3) is 0.417. The van der Waals surface area contributed by atoms with Crippen LogP contribution in [-0.2, 0) is 9.53 Å². The second-order valence-corrected chi connectivity index (χ2v) is 5.15. The molecule has 0 aromatic heterocycles. The molecule has 0 fully saturated rings. The van der Waals surface area contributed by atoms with Crippen LogP contribution in [0.25, 0.3) is 0 Å². The van der Waals surface area contributed by atoms with E-state index in [0.717, 1.165) is 0 Å². The van der Waals surface area contributed by atoms with Crippen molar-refractivity contribution in [1.29, 1.82) is 0 Å². The molecule has 1 amide bonds. The molecule has 1 aromatic rings. The van der Waals surface area contributed by atoms with Crippen LogP contribution in [0.4, 0.5) is 0 Å². The third-order valence-corrected chi connectivity index (χ3v) is 3.07. The van der Waals surface area contributed by atoms with Crippen LogP contribution in [-0.4, -0.2) is 38.8 Å². The molecule has 0 aliphatic heterocycles. The molecule has 120 valence electrons. The van der Waals surface area contributed by atoms with Crippen LogP contribution in [0.3, 0.4) is 0 Å². The summed E-state index contributed by atoms with van der Waals surface area (Å²) in [6.45, 7) is 0.625. The van der Waals surface area contributed by atoms with Gasteiger partial charge in [-0.2, -0.15) is 0 Å². The second kappa shape index (κ2) is 10.3. The summed E-state index contributed by atoms with van der Waals surface area (Å²) in [5, 5.41) is 3.65. The van der Waals surface area contributed by atoms with Crippen molar-refractivity contribution in [1.82, 2.24) is 5.32 Å². The molecule has 0 aliphatic carbocycles. The van der Waals surface area contributed by atoms with Crippen molar-refractivity contribution in [2.24, 2.45) is 5.73 Å². The fourth-order valence-electron chi connectivity index (χ4n) is 1.38. The topological polar surface area (TPSA) is 73.6 Å². The van der Waals surface area contributed by atoms with Gasteiger partial charge in [0.15, 0.2) is 5.75 Å². The molecule has 0 spiro atoms. The van der Waals surface area contributed by atoms with Crippen molar-refractivity contribution in [2.45, 2.75) is 6.04 Å². The zero-order valence-corrected chi connectivity index (χ0v) is 14.3. The molecule has 0 aliphatic rings. The average Bonchev–Trinajstić information content (AvgIpc) is 2.36. The van der Waals surface area contributed by atoms with E-state index in [4.69, 9.17) is 50.0 Å². The molecule has 5 nitrogen and oxygen atoms in total. The molecule has 0 bridgehead atoms. The molecule has 1 atom stereocenters. The lowest BCUT2D eigenvalue weighted by atomic mass is 10.3. The first kappa shape index (κ1) is 20.6. The van der Waals surface area contributed by atoms with Crippen LogP contribution >= 0.6 is 47.2 Å². The summed E-state index contributed by atoms with van der Waals surface area (Å²) in [5.41, 5.74) is 5.55. The van der Waals surface area contributed by atoms with E-state index >= 15 is 0 Å². The van der Waals surface area contributed by atoms with E-state index in [0.29, 0.717) is 20.8 Å². The SMILES string of the molecule is COCC(N)C(=O)NCCOc1c(Cl)cc(Cl)cc1Cl.Cl. The number of carbonyl (C=O) groups is 1. The first-order valence-electron chi connectivity index (χ1n) is 5.75. The van der Waals surface area contributed by atoms with Crippen LogP contribution in [0.15, 0.2) is 12.1 Å². The Morgan fingerprint density at radius 2 is 1.90 bits per heavy atom. The lowest BCUT2D eigenvalue weighted by Crippen LogP contribution is -2.44. The number of halogens is 4. The summed E-state index contributed by atoms with van der Waals surface area (Å²) in [7, 11) is 1.47. The van der Waals surface area contributed by atoms with Gasteiger partial charge in [0.25, 0.3) is 0 Å². The molecule has 1 rings (SSSR count). The first-order chi connectivity index (χ1) is 9.45. The van der Waals surface area contributed by atoms with Crippen molar-refractivity contribution in [2.75, 3.05) is 26.9 Å². The lowest BCUT2D eigenvalue weighted by Gasteiger charge is -2.13. The Kier molecular flexibility index (Phi) is 10.1. The van der Waals surface area contributed by atoms with Gasteiger partial charge in [0.2, 0.25) is 5.91 Å². The van der Waals surface area contributed by atoms with Gasteiger partial charge >= 0.3 is 0 Å². The predicted octanol–water partition coefficient (Wildman–Crippen LogP) is 2.54. The minimum atomic E-state index is -0.706. The number of hydrogen-bond acceptors (Lipinski definition) is 4. The fourth-order valence-corrected chi connectivity index (χ4v) is 2.31. The van der Waals surface area contributed by atoms with Crippen molar-refractivity contribution >= 4 is 53.1 Å². The summed E-state index contributed by atoms with van der Waals surface area (Å²) < 4.78 is 10.2. The van der Waals surface area contributed by atoms with E-state index < -0.39 is 6.04 Å². The zero-order chi connectivity index (χ0) is 15.1. The van der Waals surface area contributed by atoms with Crippen molar-refractivity contribution in [3.05, 3.63) is 27.2 Å². The number of methoxy groups -OCH3 is 1. The van der Waals surface area contributed by atoms with Gasteiger partial charge < -0.3 is 20.5 Å². The third kappa shape index (κ3) is 6.91. The number of carbonyl (C=O) groups excluding carboxylic acids is 1. The standard InChI is InChI=1S/C12H15Cl3N2O3.ClH/c1-19-6-10(16)12(18)17-2-3-20-11-8(14)4-7(13)5-9(11)15;/h4-5,10H,2-3,6,16H2,1H3,(H,17,18);1H. The first-order valence-corrected chi connectivity index (χ1v) is 6.88. The summed E-state index contributed by atoms with van der Waals surface area (Å²) in [5.74, 6) is 0.0110. The van der Waals surface area contributed by atoms with Crippen LogP contribution in [0.2, 0.25) is 15.1 Å². The number of rotatable bonds is 7. The normalized spacial score (nSPS) is 11.5. The van der Waals surface area contributed by atoms with Crippen LogP contribution in [0.1, 0.15) is 0 Å². The third-order valence-electron chi connectivity index (χ3n) is 2.29. The number of nitrogens with one attached hydrogen (secondary N) is 1. The van der Waals surface area contributed by atoms with Crippen molar-refractivity contribution in [3.8, 4) is 5.75 Å². The van der Waals surface area contributed by atoms with E-state index in [1.165, 1.54) is 19.2 Å². The minimum Gasteiger partial charge on any atom is -0.489 e. The Balaban J connectivity index is 0.00000400. The largest absolute Gasteiger partial charge is 0.489 e. The minimum absolute atomic E-state index is 0. The van der Waals surface area contributed by atoms with Gasteiger partial charge in [0.05, 0.1) is 23.2 Å². The number of hydrogen-bond donors (Lipinski definition) is 2. The zero-order valence-electron chi connectivity index (χ0n) is 11.2. The molecule has 0 radical (unpaired) electrons. The maximum Gasteiger partial charge on any atom is 0.239 e. The Hall–Kier alpha value is -0.430. The summed E-state index contributed by atoms with van der Waals surface area (Å²) >= 11 is 17.7. The highest BCUT2D eigenvalue weighted by molar-refractivity contribution is 6.40.